The van der Waals surface area contributed by atoms with Gasteiger partial charge in [-0.3, -0.25) is 4.79 Å². The molecule has 0 unspecified atom stereocenters. The van der Waals surface area contributed by atoms with E-state index in [2.05, 4.69) is 5.32 Å². The van der Waals surface area contributed by atoms with Crippen molar-refractivity contribution in [1.82, 2.24) is 10.2 Å². The number of aryl methyl sites for hydroxylation is 1. The molecule has 0 spiro atoms. The van der Waals surface area contributed by atoms with Gasteiger partial charge >= 0.3 is 6.03 Å². The predicted molar refractivity (Wildman–Crippen MR) is 98.3 cm³/mol. The smallest absolute Gasteiger partial charge is 0.317 e. The number of nitrogens with one attached hydrogen (secondary N) is 1. The Balaban J connectivity index is 1.68. The number of carbonyl (C=O) groups excluding carboxylic acids is 2. The Bertz CT molecular complexity index is 881. The maximum atomic E-state index is 13.4. The number of likely N-dealkylation sites (tertiary alicyclic amines) is 1. The third-order valence-corrected chi connectivity index (χ3v) is 4.89. The number of urea groups is 1. The van der Waals surface area contributed by atoms with Crippen molar-refractivity contribution in [3.05, 3.63) is 70.5 Å². The van der Waals surface area contributed by atoms with E-state index in [1.54, 1.807) is 17.9 Å². The summed E-state index contributed by atoms with van der Waals surface area (Å²) in [5, 5.41) is 2.74. The van der Waals surface area contributed by atoms with Gasteiger partial charge in [0.1, 0.15) is 23.2 Å². The maximum absolute atomic E-state index is 13.4. The Morgan fingerprint density at radius 1 is 1.11 bits per heavy atom. The van der Waals surface area contributed by atoms with Gasteiger partial charge in [0.15, 0.2) is 0 Å². The molecule has 28 heavy (non-hydrogen) atoms. The summed E-state index contributed by atoms with van der Waals surface area (Å²) in [6.07, 6.45) is 0.710. The second-order valence-corrected chi connectivity index (χ2v) is 6.96. The Labute approximate surface area is 161 Å². The summed E-state index contributed by atoms with van der Waals surface area (Å²) >= 11 is 0. The third kappa shape index (κ3) is 4.71. The first-order valence-electron chi connectivity index (χ1n) is 9.10. The minimum absolute atomic E-state index is 0.0491. The van der Waals surface area contributed by atoms with Crippen molar-refractivity contribution in [2.24, 2.45) is 0 Å². The number of halogens is 3. The summed E-state index contributed by atoms with van der Waals surface area (Å²) in [7, 11) is 0. The third-order valence-electron chi connectivity index (χ3n) is 4.89. The van der Waals surface area contributed by atoms with Crippen molar-refractivity contribution >= 4 is 11.8 Å². The second-order valence-electron chi connectivity index (χ2n) is 6.96. The number of ketones is 1. The number of hydrogen-bond donors (Lipinski definition) is 1. The summed E-state index contributed by atoms with van der Waals surface area (Å²) in [6, 6.07) is 6.70. The largest absolute Gasteiger partial charge is 0.338 e. The second kappa shape index (κ2) is 8.46. The van der Waals surface area contributed by atoms with Gasteiger partial charge in [-0.25, -0.2) is 18.0 Å². The number of Topliss-reactive ketones (excluding diaryl/α,β-unsaturated/α-hetero) is 1. The zero-order chi connectivity index (χ0) is 20.3. The van der Waals surface area contributed by atoms with E-state index in [0.29, 0.717) is 11.1 Å². The number of carbonyl (C=O) groups is 2. The van der Waals surface area contributed by atoms with E-state index in [9.17, 15) is 22.8 Å². The van der Waals surface area contributed by atoms with Gasteiger partial charge in [-0.1, -0.05) is 6.07 Å². The Kier molecular flexibility index (Phi) is 6.02. The van der Waals surface area contributed by atoms with Gasteiger partial charge in [0.05, 0.1) is 6.04 Å². The van der Waals surface area contributed by atoms with Crippen LogP contribution >= 0.6 is 0 Å². The monoisotopic (exact) mass is 390 g/mol. The van der Waals surface area contributed by atoms with Crippen LogP contribution in [0.2, 0.25) is 0 Å². The molecule has 1 aliphatic rings. The van der Waals surface area contributed by atoms with Crippen LogP contribution in [0.4, 0.5) is 18.0 Å². The fraction of sp³-hybridized carbons (Fsp3) is 0.333. The highest BCUT2D eigenvalue weighted by Crippen LogP contribution is 2.31. The molecular weight excluding hydrogens is 369 g/mol. The summed E-state index contributed by atoms with van der Waals surface area (Å²) in [6.45, 7) is 2.20. The predicted octanol–water partition coefficient (Wildman–Crippen LogP) is 4.07. The number of nitrogens with zero attached hydrogens (tertiary/aromatic N) is 1. The van der Waals surface area contributed by atoms with Gasteiger partial charge in [-0.15, -0.1) is 0 Å². The number of hydrogen-bond acceptors (Lipinski definition) is 2. The molecule has 1 saturated heterocycles. The summed E-state index contributed by atoms with van der Waals surface area (Å²) in [4.78, 5) is 26.2. The lowest BCUT2D eigenvalue weighted by Gasteiger charge is -2.36. The first-order valence-corrected chi connectivity index (χ1v) is 9.10. The molecule has 1 aliphatic heterocycles. The van der Waals surface area contributed by atoms with Gasteiger partial charge in [0, 0.05) is 32.0 Å². The molecule has 2 amide bonds. The summed E-state index contributed by atoms with van der Waals surface area (Å²) in [5.41, 5.74) is 1.85. The molecule has 1 heterocycles. The van der Waals surface area contributed by atoms with E-state index < -0.39 is 17.7 Å². The van der Waals surface area contributed by atoms with Crippen LogP contribution in [0.1, 0.15) is 35.6 Å². The lowest BCUT2D eigenvalue weighted by Crippen LogP contribution is -2.47. The molecule has 2 aromatic rings. The van der Waals surface area contributed by atoms with Crippen LogP contribution in [0.25, 0.3) is 0 Å². The van der Waals surface area contributed by atoms with Crippen molar-refractivity contribution in [2.75, 3.05) is 13.1 Å². The maximum Gasteiger partial charge on any atom is 0.317 e. The lowest BCUT2D eigenvalue weighted by molar-refractivity contribution is -0.122. The van der Waals surface area contributed by atoms with Crippen LogP contribution in [0.3, 0.4) is 0 Å². The zero-order valence-corrected chi connectivity index (χ0v) is 15.5. The van der Waals surface area contributed by atoms with E-state index in [4.69, 9.17) is 0 Å². The summed E-state index contributed by atoms with van der Waals surface area (Å²) < 4.78 is 39.9. The minimum Gasteiger partial charge on any atom is -0.338 e. The van der Waals surface area contributed by atoms with Gasteiger partial charge in [0.25, 0.3) is 0 Å². The van der Waals surface area contributed by atoms with Crippen molar-refractivity contribution < 1.29 is 22.8 Å². The standard InChI is InChI=1S/C21H21F3N2O2/c1-13-8-15(22)2-3-19(13)20-12-18(27)5-7-26(20)21(28)25-6-4-14-9-16(23)11-17(24)10-14/h2-3,8-11,20H,4-7,12H2,1H3,(H,25,28)/t20-/m1/s1. The number of piperidine rings is 1. The van der Waals surface area contributed by atoms with Gasteiger partial charge < -0.3 is 10.2 Å². The lowest BCUT2D eigenvalue weighted by atomic mass is 9.92. The molecule has 0 radical (unpaired) electrons. The fourth-order valence-corrected chi connectivity index (χ4v) is 3.53. The zero-order valence-electron chi connectivity index (χ0n) is 15.5. The molecule has 0 aliphatic carbocycles. The Morgan fingerprint density at radius 2 is 1.82 bits per heavy atom. The van der Waals surface area contributed by atoms with Crippen molar-refractivity contribution in [3.8, 4) is 0 Å². The van der Waals surface area contributed by atoms with Crippen molar-refractivity contribution in [3.63, 3.8) is 0 Å². The summed E-state index contributed by atoms with van der Waals surface area (Å²) in [5.74, 6) is -1.65. The fourth-order valence-electron chi connectivity index (χ4n) is 3.53. The molecule has 7 heteroatoms. The van der Waals surface area contributed by atoms with Crippen LogP contribution in [0.5, 0.6) is 0 Å². The van der Waals surface area contributed by atoms with Crippen molar-refractivity contribution in [2.45, 2.75) is 32.2 Å². The SMILES string of the molecule is Cc1cc(F)ccc1[C@H]1CC(=O)CCN1C(=O)NCCc1cc(F)cc(F)c1. The van der Waals surface area contributed by atoms with E-state index in [0.717, 1.165) is 11.6 Å². The first kappa shape index (κ1) is 19.9. The molecule has 1 atom stereocenters. The molecule has 0 bridgehead atoms. The quantitative estimate of drug-likeness (QED) is 0.856. The Morgan fingerprint density at radius 3 is 2.50 bits per heavy atom. The first-order chi connectivity index (χ1) is 13.3. The number of benzene rings is 2. The molecule has 1 N–H and O–H groups in total. The average molecular weight is 390 g/mol. The Hall–Kier alpha value is -2.83. The highest BCUT2D eigenvalue weighted by molar-refractivity contribution is 5.84. The average Bonchev–Trinajstić information content (AvgIpc) is 2.60. The van der Waals surface area contributed by atoms with Crippen LogP contribution in [-0.4, -0.2) is 29.8 Å². The van der Waals surface area contributed by atoms with Crippen LogP contribution in [0.15, 0.2) is 36.4 Å². The van der Waals surface area contributed by atoms with Gasteiger partial charge in [-0.2, -0.15) is 0 Å². The van der Waals surface area contributed by atoms with E-state index in [-0.39, 0.29) is 50.0 Å². The van der Waals surface area contributed by atoms with Crippen molar-refractivity contribution in [1.29, 1.82) is 0 Å². The molecule has 2 aromatic carbocycles. The molecule has 4 nitrogen and oxygen atoms in total. The van der Waals surface area contributed by atoms with Gasteiger partial charge in [-0.05, 0) is 54.3 Å². The van der Waals surface area contributed by atoms with E-state index in [1.165, 1.54) is 24.3 Å². The number of rotatable bonds is 4. The van der Waals surface area contributed by atoms with E-state index in [1.807, 2.05) is 0 Å². The highest BCUT2D eigenvalue weighted by Gasteiger charge is 2.32. The molecule has 0 aromatic heterocycles. The number of amides is 2. The van der Waals surface area contributed by atoms with Gasteiger partial charge in [0.2, 0.25) is 0 Å². The molecular formula is C21H21F3N2O2. The molecule has 1 fully saturated rings. The van der Waals surface area contributed by atoms with E-state index >= 15 is 0 Å². The molecule has 3 rings (SSSR count). The molecule has 148 valence electrons. The molecule has 0 saturated carbocycles. The highest BCUT2D eigenvalue weighted by atomic mass is 19.1. The topological polar surface area (TPSA) is 49.4 Å². The van der Waals surface area contributed by atoms with Crippen LogP contribution < -0.4 is 5.32 Å². The normalized spacial score (nSPS) is 16.9. The minimum atomic E-state index is -0.664. The van der Waals surface area contributed by atoms with Crippen LogP contribution in [-0.2, 0) is 11.2 Å². The van der Waals surface area contributed by atoms with Crippen LogP contribution in [0, 0.1) is 24.4 Å².